The van der Waals surface area contributed by atoms with Crippen molar-refractivity contribution in [1.29, 1.82) is 0 Å². The molecule has 102 valence electrons. The van der Waals surface area contributed by atoms with Crippen LogP contribution in [0.4, 0.5) is 0 Å². The van der Waals surface area contributed by atoms with Gasteiger partial charge in [-0.05, 0) is 47.5 Å². The van der Waals surface area contributed by atoms with Gasteiger partial charge in [0, 0.05) is 22.0 Å². The number of rotatable bonds is 2. The molecule has 0 radical (unpaired) electrons. The molecule has 4 nitrogen and oxygen atoms in total. The summed E-state index contributed by atoms with van der Waals surface area (Å²) >= 11 is 6.73. The molecule has 1 heterocycles. The Bertz CT molecular complexity index is 547. The van der Waals surface area contributed by atoms with Crippen LogP contribution in [0.25, 0.3) is 0 Å². The SMILES string of the molecule is CC1(C(N)=O)CCN(C(=O)c2ccc(Br)cc2Br)C1. The maximum absolute atomic E-state index is 12.4. The van der Waals surface area contributed by atoms with E-state index in [1.165, 1.54) is 0 Å². The third kappa shape index (κ3) is 2.84. The summed E-state index contributed by atoms with van der Waals surface area (Å²) in [5, 5.41) is 0. The summed E-state index contributed by atoms with van der Waals surface area (Å²) in [6.45, 7) is 2.74. The van der Waals surface area contributed by atoms with E-state index in [0.29, 0.717) is 25.1 Å². The number of amides is 2. The van der Waals surface area contributed by atoms with Crippen molar-refractivity contribution in [2.24, 2.45) is 11.1 Å². The Kier molecular flexibility index (Phi) is 4.01. The van der Waals surface area contributed by atoms with Gasteiger partial charge < -0.3 is 10.6 Å². The molecule has 1 saturated heterocycles. The van der Waals surface area contributed by atoms with Crippen molar-refractivity contribution in [1.82, 2.24) is 4.90 Å². The molecule has 0 spiro atoms. The van der Waals surface area contributed by atoms with Crippen molar-refractivity contribution in [3.05, 3.63) is 32.7 Å². The van der Waals surface area contributed by atoms with Gasteiger partial charge in [-0.1, -0.05) is 15.9 Å². The zero-order valence-electron chi connectivity index (χ0n) is 10.5. The Morgan fingerprint density at radius 2 is 2.05 bits per heavy atom. The first kappa shape index (κ1) is 14.5. The van der Waals surface area contributed by atoms with Crippen LogP contribution >= 0.6 is 31.9 Å². The average molecular weight is 390 g/mol. The van der Waals surface area contributed by atoms with Crippen LogP contribution in [0.2, 0.25) is 0 Å². The van der Waals surface area contributed by atoms with Gasteiger partial charge in [-0.3, -0.25) is 9.59 Å². The Morgan fingerprint density at radius 1 is 1.37 bits per heavy atom. The molecule has 19 heavy (non-hydrogen) atoms. The van der Waals surface area contributed by atoms with Crippen molar-refractivity contribution in [2.45, 2.75) is 13.3 Å². The summed E-state index contributed by atoms with van der Waals surface area (Å²) in [5.74, 6) is -0.429. The van der Waals surface area contributed by atoms with Crippen LogP contribution in [-0.2, 0) is 4.79 Å². The zero-order valence-corrected chi connectivity index (χ0v) is 13.6. The molecule has 0 bridgehead atoms. The molecule has 0 saturated carbocycles. The fourth-order valence-corrected chi connectivity index (χ4v) is 3.39. The molecule has 1 aromatic carbocycles. The lowest BCUT2D eigenvalue weighted by Crippen LogP contribution is -2.38. The topological polar surface area (TPSA) is 63.4 Å². The molecular weight excluding hydrogens is 376 g/mol. The number of nitrogens with two attached hydrogens (primary N) is 1. The standard InChI is InChI=1S/C13H14Br2N2O2/c1-13(12(16)19)4-5-17(7-13)11(18)9-3-2-8(14)6-10(9)15/h2-3,6H,4-5,7H2,1H3,(H2,16,19). The second kappa shape index (κ2) is 5.25. The Labute approximate surface area is 128 Å². The quantitative estimate of drug-likeness (QED) is 0.844. The van der Waals surface area contributed by atoms with Gasteiger partial charge in [0.2, 0.25) is 5.91 Å². The Hall–Kier alpha value is -0.880. The molecule has 6 heteroatoms. The monoisotopic (exact) mass is 388 g/mol. The summed E-state index contributed by atoms with van der Waals surface area (Å²) in [4.78, 5) is 25.5. The third-order valence-electron chi connectivity index (χ3n) is 3.52. The molecule has 1 aliphatic rings. The number of hydrogen-bond acceptors (Lipinski definition) is 2. The van der Waals surface area contributed by atoms with Crippen molar-refractivity contribution >= 4 is 43.7 Å². The molecule has 2 N–H and O–H groups in total. The van der Waals surface area contributed by atoms with Gasteiger partial charge >= 0.3 is 0 Å². The lowest BCUT2D eigenvalue weighted by Gasteiger charge is -2.21. The first-order valence-corrected chi connectivity index (χ1v) is 7.46. The van der Waals surface area contributed by atoms with E-state index in [1.54, 1.807) is 17.9 Å². The summed E-state index contributed by atoms with van der Waals surface area (Å²) < 4.78 is 1.64. The van der Waals surface area contributed by atoms with Crippen LogP contribution in [0.1, 0.15) is 23.7 Å². The Balaban J connectivity index is 2.20. The number of carbonyl (C=O) groups is 2. The molecule has 2 amide bonds. The first-order chi connectivity index (χ1) is 8.83. The molecule has 0 aliphatic carbocycles. The normalized spacial score (nSPS) is 22.6. The van der Waals surface area contributed by atoms with Crippen LogP contribution < -0.4 is 5.73 Å². The number of hydrogen-bond donors (Lipinski definition) is 1. The fraction of sp³-hybridized carbons (Fsp3) is 0.385. The maximum Gasteiger partial charge on any atom is 0.255 e. The van der Waals surface area contributed by atoms with Gasteiger partial charge in [-0.15, -0.1) is 0 Å². The molecule has 1 unspecified atom stereocenters. The molecule has 1 fully saturated rings. The largest absolute Gasteiger partial charge is 0.369 e. The van der Waals surface area contributed by atoms with Gasteiger partial charge in [-0.25, -0.2) is 0 Å². The van der Waals surface area contributed by atoms with E-state index < -0.39 is 5.41 Å². The molecule has 1 aromatic rings. The van der Waals surface area contributed by atoms with Gasteiger partial charge in [0.15, 0.2) is 0 Å². The lowest BCUT2D eigenvalue weighted by atomic mass is 9.89. The van der Waals surface area contributed by atoms with Crippen LogP contribution in [0.3, 0.4) is 0 Å². The highest BCUT2D eigenvalue weighted by molar-refractivity contribution is 9.11. The van der Waals surface area contributed by atoms with Crippen LogP contribution in [0.5, 0.6) is 0 Å². The van der Waals surface area contributed by atoms with Crippen molar-refractivity contribution in [3.63, 3.8) is 0 Å². The maximum atomic E-state index is 12.4. The van der Waals surface area contributed by atoms with Gasteiger partial charge in [-0.2, -0.15) is 0 Å². The lowest BCUT2D eigenvalue weighted by molar-refractivity contribution is -0.126. The molecular formula is C13H14Br2N2O2. The van der Waals surface area contributed by atoms with E-state index in [-0.39, 0.29) is 11.8 Å². The zero-order chi connectivity index (χ0) is 14.2. The van der Waals surface area contributed by atoms with Crippen molar-refractivity contribution in [2.75, 3.05) is 13.1 Å². The second-order valence-corrected chi connectivity index (χ2v) is 6.80. The van der Waals surface area contributed by atoms with E-state index in [0.717, 1.165) is 8.95 Å². The van der Waals surface area contributed by atoms with Crippen molar-refractivity contribution < 1.29 is 9.59 Å². The highest BCUT2D eigenvalue weighted by atomic mass is 79.9. The number of carbonyl (C=O) groups excluding carboxylic acids is 2. The predicted octanol–water partition coefficient (Wildman–Crippen LogP) is 2.55. The first-order valence-electron chi connectivity index (χ1n) is 5.88. The van der Waals surface area contributed by atoms with Gasteiger partial charge in [0.25, 0.3) is 5.91 Å². The fourth-order valence-electron chi connectivity index (χ4n) is 2.17. The summed E-state index contributed by atoms with van der Waals surface area (Å²) in [6, 6.07) is 5.41. The number of halogens is 2. The molecule has 2 rings (SSSR count). The summed E-state index contributed by atoms with van der Waals surface area (Å²) in [7, 11) is 0. The number of likely N-dealkylation sites (tertiary alicyclic amines) is 1. The minimum absolute atomic E-state index is 0.0793. The Morgan fingerprint density at radius 3 is 2.58 bits per heavy atom. The van der Waals surface area contributed by atoms with Crippen LogP contribution in [0.15, 0.2) is 27.1 Å². The summed E-state index contributed by atoms with van der Waals surface area (Å²) in [6.07, 6.45) is 0.613. The van der Waals surface area contributed by atoms with E-state index in [9.17, 15) is 9.59 Å². The van der Waals surface area contributed by atoms with E-state index in [4.69, 9.17) is 5.73 Å². The molecule has 1 aliphatic heterocycles. The van der Waals surface area contributed by atoms with Gasteiger partial charge in [0.05, 0.1) is 11.0 Å². The smallest absolute Gasteiger partial charge is 0.255 e. The highest BCUT2D eigenvalue weighted by Gasteiger charge is 2.41. The predicted molar refractivity (Wildman–Crippen MR) is 79.7 cm³/mol. The van der Waals surface area contributed by atoms with Crippen LogP contribution in [-0.4, -0.2) is 29.8 Å². The second-order valence-electron chi connectivity index (χ2n) is 5.03. The summed E-state index contributed by atoms with van der Waals surface area (Å²) in [5.41, 5.74) is 5.37. The van der Waals surface area contributed by atoms with Gasteiger partial charge in [0.1, 0.15) is 0 Å². The minimum atomic E-state index is -0.614. The van der Waals surface area contributed by atoms with Crippen LogP contribution in [0, 0.1) is 5.41 Å². The van der Waals surface area contributed by atoms with E-state index >= 15 is 0 Å². The number of primary amides is 1. The minimum Gasteiger partial charge on any atom is -0.369 e. The molecule has 0 aromatic heterocycles. The number of nitrogens with zero attached hydrogens (tertiary/aromatic N) is 1. The van der Waals surface area contributed by atoms with Crippen molar-refractivity contribution in [3.8, 4) is 0 Å². The van der Waals surface area contributed by atoms with E-state index in [2.05, 4.69) is 31.9 Å². The highest BCUT2D eigenvalue weighted by Crippen LogP contribution is 2.32. The van der Waals surface area contributed by atoms with E-state index in [1.807, 2.05) is 12.1 Å². The average Bonchev–Trinajstić information content (AvgIpc) is 2.73. The molecule has 1 atom stereocenters. The number of benzene rings is 1. The third-order valence-corrected chi connectivity index (χ3v) is 4.67.